The molecule has 1 N–H and O–H groups in total. The molecule has 1 amide bonds. The van der Waals surface area contributed by atoms with Gasteiger partial charge in [0.2, 0.25) is 5.89 Å². The summed E-state index contributed by atoms with van der Waals surface area (Å²) in [5.74, 6) is -0.752. The largest absolute Gasteiger partial charge is 0.465 e. The van der Waals surface area contributed by atoms with Gasteiger partial charge in [0.1, 0.15) is 0 Å². The summed E-state index contributed by atoms with van der Waals surface area (Å²) < 4.78 is 9.56. The van der Waals surface area contributed by atoms with Crippen LogP contribution in [0.5, 0.6) is 0 Å². The summed E-state index contributed by atoms with van der Waals surface area (Å²) in [5.41, 5.74) is 0.905. The number of esters is 1. The highest BCUT2D eigenvalue weighted by molar-refractivity contribution is 6.01. The summed E-state index contributed by atoms with van der Waals surface area (Å²) in [6.45, 7) is 1.59. The molecular formula is C12H11N3O4. The second-order valence-corrected chi connectivity index (χ2v) is 3.65. The zero-order chi connectivity index (χ0) is 13.8. The van der Waals surface area contributed by atoms with Crippen LogP contribution in [0.25, 0.3) is 0 Å². The summed E-state index contributed by atoms with van der Waals surface area (Å²) in [6, 6.07) is 6.24. The molecule has 2 rings (SSSR count). The molecule has 1 heterocycles. The predicted molar refractivity (Wildman–Crippen MR) is 64.8 cm³/mol. The van der Waals surface area contributed by atoms with Crippen LogP contribution in [0.1, 0.15) is 26.9 Å². The monoisotopic (exact) mass is 261 g/mol. The van der Waals surface area contributed by atoms with Crippen molar-refractivity contribution in [2.24, 2.45) is 0 Å². The van der Waals surface area contributed by atoms with Gasteiger partial charge in [-0.1, -0.05) is 0 Å². The van der Waals surface area contributed by atoms with Crippen LogP contribution in [0, 0.1) is 6.92 Å². The Morgan fingerprint density at radius 1 is 1.21 bits per heavy atom. The molecule has 0 spiro atoms. The highest BCUT2D eigenvalue weighted by Crippen LogP contribution is 2.11. The number of nitrogens with one attached hydrogen (secondary N) is 1. The average Bonchev–Trinajstić information content (AvgIpc) is 2.85. The van der Waals surface area contributed by atoms with Crippen LogP contribution in [0.15, 0.2) is 28.7 Å². The Morgan fingerprint density at radius 2 is 1.89 bits per heavy atom. The SMILES string of the molecule is COC(=O)c1ccc(NC(=O)c2nnc(C)o2)cc1. The van der Waals surface area contributed by atoms with E-state index < -0.39 is 11.9 Å². The minimum Gasteiger partial charge on any atom is -0.465 e. The van der Waals surface area contributed by atoms with Crippen LogP contribution >= 0.6 is 0 Å². The van der Waals surface area contributed by atoms with Crippen molar-refractivity contribution in [3.05, 3.63) is 41.6 Å². The van der Waals surface area contributed by atoms with Crippen molar-refractivity contribution in [3.8, 4) is 0 Å². The van der Waals surface area contributed by atoms with Crippen molar-refractivity contribution in [3.63, 3.8) is 0 Å². The van der Waals surface area contributed by atoms with E-state index in [1.54, 1.807) is 31.2 Å². The Balaban J connectivity index is 2.07. The Bertz CT molecular complexity index is 604. The van der Waals surface area contributed by atoms with Gasteiger partial charge in [-0.3, -0.25) is 4.79 Å². The third-order valence-electron chi connectivity index (χ3n) is 2.28. The maximum atomic E-state index is 11.7. The van der Waals surface area contributed by atoms with Crippen molar-refractivity contribution in [1.29, 1.82) is 0 Å². The maximum Gasteiger partial charge on any atom is 0.337 e. The molecule has 7 heteroatoms. The molecule has 0 aliphatic rings. The number of hydrogen-bond acceptors (Lipinski definition) is 6. The number of aromatic nitrogens is 2. The van der Waals surface area contributed by atoms with Gasteiger partial charge >= 0.3 is 17.8 Å². The number of hydrogen-bond donors (Lipinski definition) is 1. The highest BCUT2D eigenvalue weighted by atomic mass is 16.5. The molecule has 0 aliphatic heterocycles. The molecule has 0 saturated heterocycles. The van der Waals surface area contributed by atoms with Crippen molar-refractivity contribution in [1.82, 2.24) is 10.2 Å². The lowest BCUT2D eigenvalue weighted by atomic mass is 10.2. The lowest BCUT2D eigenvalue weighted by Crippen LogP contribution is -2.12. The first-order chi connectivity index (χ1) is 9.10. The number of methoxy groups -OCH3 is 1. The van der Waals surface area contributed by atoms with Gasteiger partial charge in [-0.05, 0) is 24.3 Å². The first kappa shape index (κ1) is 12.7. The Labute approximate surface area is 108 Å². The number of rotatable bonds is 3. The third-order valence-corrected chi connectivity index (χ3v) is 2.28. The fourth-order valence-corrected chi connectivity index (χ4v) is 1.38. The number of amides is 1. The van der Waals surface area contributed by atoms with E-state index in [9.17, 15) is 9.59 Å². The number of anilines is 1. The molecule has 98 valence electrons. The molecule has 0 bridgehead atoms. The van der Waals surface area contributed by atoms with Crippen molar-refractivity contribution in [2.75, 3.05) is 12.4 Å². The number of carbonyl (C=O) groups excluding carboxylic acids is 2. The van der Waals surface area contributed by atoms with Gasteiger partial charge in [0.25, 0.3) is 0 Å². The summed E-state index contributed by atoms with van der Waals surface area (Å²) in [6.07, 6.45) is 0. The summed E-state index contributed by atoms with van der Waals surface area (Å²) >= 11 is 0. The number of carbonyl (C=O) groups is 2. The zero-order valence-electron chi connectivity index (χ0n) is 10.3. The van der Waals surface area contributed by atoms with Gasteiger partial charge in [0, 0.05) is 12.6 Å². The smallest absolute Gasteiger partial charge is 0.337 e. The maximum absolute atomic E-state index is 11.7. The van der Waals surface area contributed by atoms with Crippen molar-refractivity contribution >= 4 is 17.6 Å². The lowest BCUT2D eigenvalue weighted by Gasteiger charge is -2.03. The minimum absolute atomic E-state index is 0.116. The van der Waals surface area contributed by atoms with Crippen LogP contribution < -0.4 is 5.32 Å². The molecule has 0 fully saturated rings. The van der Waals surface area contributed by atoms with Gasteiger partial charge in [-0.15, -0.1) is 10.2 Å². The van der Waals surface area contributed by atoms with Crippen molar-refractivity contribution in [2.45, 2.75) is 6.92 Å². The van der Waals surface area contributed by atoms with Gasteiger partial charge in [-0.25, -0.2) is 4.79 Å². The minimum atomic E-state index is -0.508. The van der Waals surface area contributed by atoms with Crippen LogP contribution in [0.4, 0.5) is 5.69 Å². The summed E-state index contributed by atoms with van der Waals surface area (Å²) in [4.78, 5) is 22.9. The summed E-state index contributed by atoms with van der Waals surface area (Å²) in [7, 11) is 1.30. The van der Waals surface area contributed by atoms with Gasteiger partial charge < -0.3 is 14.5 Å². The molecule has 1 aromatic heterocycles. The van der Waals surface area contributed by atoms with E-state index in [-0.39, 0.29) is 5.89 Å². The average molecular weight is 261 g/mol. The van der Waals surface area contributed by atoms with E-state index in [2.05, 4.69) is 20.3 Å². The molecule has 0 saturated carbocycles. The highest BCUT2D eigenvalue weighted by Gasteiger charge is 2.13. The van der Waals surface area contributed by atoms with Crippen LogP contribution in [0.2, 0.25) is 0 Å². The molecular weight excluding hydrogens is 250 g/mol. The first-order valence-electron chi connectivity index (χ1n) is 5.40. The van der Waals surface area contributed by atoms with E-state index in [0.717, 1.165) is 0 Å². The number of ether oxygens (including phenoxy) is 1. The van der Waals surface area contributed by atoms with E-state index in [0.29, 0.717) is 17.1 Å². The quantitative estimate of drug-likeness (QED) is 0.839. The predicted octanol–water partition coefficient (Wildman–Crippen LogP) is 1.42. The topological polar surface area (TPSA) is 94.3 Å². The first-order valence-corrected chi connectivity index (χ1v) is 5.40. The normalized spacial score (nSPS) is 10.0. The second kappa shape index (κ2) is 5.30. The van der Waals surface area contributed by atoms with Crippen LogP contribution in [-0.4, -0.2) is 29.2 Å². The van der Waals surface area contributed by atoms with Crippen LogP contribution in [-0.2, 0) is 4.74 Å². The molecule has 7 nitrogen and oxygen atoms in total. The molecule has 0 unspecified atom stereocenters. The molecule has 1 aromatic carbocycles. The lowest BCUT2D eigenvalue weighted by molar-refractivity contribution is 0.0600. The standard InChI is InChI=1S/C12H11N3O4/c1-7-14-15-11(19-7)10(16)13-9-5-3-8(4-6-9)12(17)18-2/h3-6H,1-2H3,(H,13,16). The Kier molecular flexibility index (Phi) is 3.56. The zero-order valence-corrected chi connectivity index (χ0v) is 10.3. The van der Waals surface area contributed by atoms with Gasteiger partial charge in [0.05, 0.1) is 12.7 Å². The van der Waals surface area contributed by atoms with Gasteiger partial charge in [0.15, 0.2) is 0 Å². The number of nitrogens with zero attached hydrogens (tertiary/aromatic N) is 2. The molecule has 19 heavy (non-hydrogen) atoms. The fraction of sp³-hybridized carbons (Fsp3) is 0.167. The molecule has 2 aromatic rings. The second-order valence-electron chi connectivity index (χ2n) is 3.65. The molecule has 0 atom stereocenters. The van der Waals surface area contributed by atoms with Gasteiger partial charge in [-0.2, -0.15) is 0 Å². The van der Waals surface area contributed by atoms with E-state index in [4.69, 9.17) is 4.42 Å². The molecule has 0 radical (unpaired) electrons. The van der Waals surface area contributed by atoms with E-state index in [1.807, 2.05) is 0 Å². The van der Waals surface area contributed by atoms with Crippen LogP contribution in [0.3, 0.4) is 0 Å². The molecule has 0 aliphatic carbocycles. The fourth-order valence-electron chi connectivity index (χ4n) is 1.38. The van der Waals surface area contributed by atoms with E-state index >= 15 is 0 Å². The Morgan fingerprint density at radius 3 is 2.42 bits per heavy atom. The number of aryl methyl sites for hydroxylation is 1. The third kappa shape index (κ3) is 2.95. The summed E-state index contributed by atoms with van der Waals surface area (Å²) in [5, 5.41) is 9.73. The number of benzene rings is 1. The van der Waals surface area contributed by atoms with Crippen molar-refractivity contribution < 1.29 is 18.7 Å². The van der Waals surface area contributed by atoms with E-state index in [1.165, 1.54) is 7.11 Å². The Hall–Kier alpha value is -2.70.